The van der Waals surface area contributed by atoms with Crippen molar-refractivity contribution in [3.63, 3.8) is 0 Å². The molecule has 0 aliphatic rings. The zero-order valence-electron chi connectivity index (χ0n) is 20.4. The molecule has 0 atom stereocenters. The van der Waals surface area contributed by atoms with Crippen molar-refractivity contribution in [2.75, 3.05) is 21.3 Å². The third kappa shape index (κ3) is 5.13. The average molecular weight is 498 g/mol. The minimum absolute atomic E-state index is 0.0256. The first kappa shape index (κ1) is 25.0. The number of aromatic nitrogens is 2. The van der Waals surface area contributed by atoms with Crippen molar-refractivity contribution in [3.8, 4) is 34.5 Å². The van der Waals surface area contributed by atoms with E-state index in [-0.39, 0.29) is 23.6 Å². The van der Waals surface area contributed by atoms with Crippen LogP contribution in [0.1, 0.15) is 32.0 Å². The molecule has 0 radical (unpaired) electrons. The third-order valence-corrected chi connectivity index (χ3v) is 5.59. The molecule has 0 spiro atoms. The van der Waals surface area contributed by atoms with Crippen molar-refractivity contribution >= 4 is 11.9 Å². The monoisotopic (exact) mass is 497 g/mol. The van der Waals surface area contributed by atoms with E-state index < -0.39 is 11.9 Å². The van der Waals surface area contributed by atoms with Gasteiger partial charge in [-0.25, -0.2) is 14.3 Å². The second kappa shape index (κ2) is 11.1. The van der Waals surface area contributed by atoms with E-state index in [2.05, 4.69) is 11.2 Å². The number of nitrogens with zero attached hydrogens (tertiary/aromatic N) is 3. The highest BCUT2D eigenvalue weighted by Crippen LogP contribution is 2.32. The molecule has 0 bridgehead atoms. The largest absolute Gasteiger partial charge is 0.496 e. The van der Waals surface area contributed by atoms with E-state index in [9.17, 15) is 9.59 Å². The van der Waals surface area contributed by atoms with E-state index >= 15 is 0 Å². The molecule has 1 heterocycles. The standard InChI is InChI=1S/C28H23N3O6/c1-34-23-14-11-19(15-20(23)17-37-22-12-9-18(16-29)10-13-22)25-24(27(32)35-2)26(28(33)36-3)31(30-25)21-7-5-4-6-8-21/h4-15H,17H2,1-3H3. The molecule has 1 aromatic heterocycles. The van der Waals surface area contributed by atoms with Crippen molar-refractivity contribution in [2.24, 2.45) is 0 Å². The number of methoxy groups -OCH3 is 3. The van der Waals surface area contributed by atoms with Crippen LogP contribution in [0, 0.1) is 11.3 Å². The molecule has 0 unspecified atom stereocenters. The molecule has 0 N–H and O–H groups in total. The van der Waals surface area contributed by atoms with Gasteiger partial charge in [-0.2, -0.15) is 10.4 Å². The second-order valence-corrected chi connectivity index (χ2v) is 7.75. The molecule has 9 heteroatoms. The number of benzene rings is 3. The second-order valence-electron chi connectivity index (χ2n) is 7.75. The molecule has 0 saturated carbocycles. The minimum Gasteiger partial charge on any atom is -0.496 e. The number of hydrogen-bond donors (Lipinski definition) is 0. The molecule has 4 aromatic rings. The normalized spacial score (nSPS) is 10.3. The summed E-state index contributed by atoms with van der Waals surface area (Å²) in [6.45, 7) is 0.139. The maximum Gasteiger partial charge on any atom is 0.357 e. The molecule has 186 valence electrons. The summed E-state index contributed by atoms with van der Waals surface area (Å²) in [4.78, 5) is 25.7. The van der Waals surface area contributed by atoms with Gasteiger partial charge in [0.05, 0.1) is 38.6 Å². The van der Waals surface area contributed by atoms with Crippen LogP contribution in [0.4, 0.5) is 0 Å². The summed E-state index contributed by atoms with van der Waals surface area (Å²) in [7, 11) is 4.01. The van der Waals surface area contributed by atoms with Crippen molar-refractivity contribution in [3.05, 3.63) is 95.2 Å². The molecule has 37 heavy (non-hydrogen) atoms. The van der Waals surface area contributed by atoms with Gasteiger partial charge < -0.3 is 18.9 Å². The van der Waals surface area contributed by atoms with Crippen molar-refractivity contribution < 1.29 is 28.5 Å². The van der Waals surface area contributed by atoms with Crippen LogP contribution in [-0.2, 0) is 16.1 Å². The van der Waals surface area contributed by atoms with Crippen LogP contribution in [-0.4, -0.2) is 43.0 Å². The van der Waals surface area contributed by atoms with Gasteiger partial charge in [-0.05, 0) is 54.6 Å². The molecule has 9 nitrogen and oxygen atoms in total. The van der Waals surface area contributed by atoms with Gasteiger partial charge >= 0.3 is 11.9 Å². The summed E-state index contributed by atoms with van der Waals surface area (Å²) in [5, 5.41) is 13.6. The summed E-state index contributed by atoms with van der Waals surface area (Å²) < 4.78 is 22.8. The lowest BCUT2D eigenvalue weighted by molar-refractivity contribution is 0.0549. The van der Waals surface area contributed by atoms with Gasteiger partial charge in [0.1, 0.15) is 29.4 Å². The Morgan fingerprint density at radius 1 is 0.919 bits per heavy atom. The lowest BCUT2D eigenvalue weighted by Crippen LogP contribution is -2.15. The first-order valence-electron chi connectivity index (χ1n) is 11.2. The number of carbonyl (C=O) groups excluding carboxylic acids is 2. The number of ether oxygens (including phenoxy) is 4. The highest BCUT2D eigenvalue weighted by atomic mass is 16.5. The van der Waals surface area contributed by atoms with Gasteiger partial charge in [-0.3, -0.25) is 0 Å². The number of para-hydroxylation sites is 1. The molecule has 0 saturated heterocycles. The lowest BCUT2D eigenvalue weighted by atomic mass is 10.0. The van der Waals surface area contributed by atoms with E-state index in [0.717, 1.165) is 0 Å². The van der Waals surface area contributed by atoms with E-state index in [0.29, 0.717) is 33.9 Å². The molecule has 3 aromatic carbocycles. The maximum absolute atomic E-state index is 12.9. The summed E-state index contributed by atoms with van der Waals surface area (Å²) in [6.07, 6.45) is 0. The van der Waals surface area contributed by atoms with E-state index in [1.807, 2.05) is 6.07 Å². The summed E-state index contributed by atoms with van der Waals surface area (Å²) >= 11 is 0. The average Bonchev–Trinajstić information content (AvgIpc) is 3.36. The SMILES string of the molecule is COC(=O)c1c(-c2ccc(OC)c(COc3ccc(C#N)cc3)c2)nn(-c2ccccc2)c1C(=O)OC. The quantitative estimate of drug-likeness (QED) is 0.325. The fourth-order valence-electron chi connectivity index (χ4n) is 3.78. The van der Waals surface area contributed by atoms with Crippen LogP contribution in [0.25, 0.3) is 16.9 Å². The molecule has 0 fully saturated rings. The lowest BCUT2D eigenvalue weighted by Gasteiger charge is -2.12. The van der Waals surface area contributed by atoms with Crippen LogP contribution in [0.5, 0.6) is 11.5 Å². The van der Waals surface area contributed by atoms with Crippen molar-refractivity contribution in [1.29, 1.82) is 5.26 Å². The number of rotatable bonds is 8. The Labute approximate surface area is 213 Å². The Morgan fingerprint density at radius 3 is 2.24 bits per heavy atom. The Kier molecular flexibility index (Phi) is 7.50. The maximum atomic E-state index is 12.9. The zero-order chi connectivity index (χ0) is 26.4. The Hall–Kier alpha value is -5.10. The Morgan fingerprint density at radius 2 is 1.62 bits per heavy atom. The number of hydrogen-bond acceptors (Lipinski definition) is 8. The predicted molar refractivity (Wildman–Crippen MR) is 134 cm³/mol. The topological polar surface area (TPSA) is 113 Å². The Balaban J connectivity index is 1.82. The number of esters is 2. The molecule has 4 rings (SSSR count). The molecule has 0 aliphatic carbocycles. The highest BCUT2D eigenvalue weighted by molar-refractivity contribution is 6.06. The van der Waals surface area contributed by atoms with E-state index in [1.165, 1.54) is 18.9 Å². The minimum atomic E-state index is -0.735. The number of carbonyl (C=O) groups is 2. The van der Waals surface area contributed by atoms with Gasteiger partial charge in [-0.1, -0.05) is 18.2 Å². The van der Waals surface area contributed by atoms with Crippen LogP contribution in [0.2, 0.25) is 0 Å². The Bertz CT molecular complexity index is 1470. The molecule has 0 amide bonds. The van der Waals surface area contributed by atoms with Gasteiger partial charge in [0.15, 0.2) is 5.69 Å². The fourth-order valence-corrected chi connectivity index (χ4v) is 3.78. The fraction of sp³-hybridized carbons (Fsp3) is 0.143. The van der Waals surface area contributed by atoms with Gasteiger partial charge in [0.25, 0.3) is 0 Å². The van der Waals surface area contributed by atoms with Crippen molar-refractivity contribution in [2.45, 2.75) is 6.61 Å². The zero-order valence-corrected chi connectivity index (χ0v) is 20.4. The van der Waals surface area contributed by atoms with Gasteiger partial charge in [0, 0.05) is 11.1 Å². The predicted octanol–water partition coefficient (Wildman–Crippen LogP) is 4.57. The first-order valence-corrected chi connectivity index (χ1v) is 11.2. The van der Waals surface area contributed by atoms with Crippen molar-refractivity contribution in [1.82, 2.24) is 9.78 Å². The molecular weight excluding hydrogens is 474 g/mol. The van der Waals surface area contributed by atoms with Crippen LogP contribution < -0.4 is 9.47 Å². The van der Waals surface area contributed by atoms with Gasteiger partial charge in [-0.15, -0.1) is 0 Å². The first-order chi connectivity index (χ1) is 18.0. The third-order valence-electron chi connectivity index (χ3n) is 5.59. The van der Waals surface area contributed by atoms with E-state index in [4.69, 9.17) is 24.2 Å². The summed E-state index contributed by atoms with van der Waals surface area (Å²) in [5.41, 5.74) is 2.46. The summed E-state index contributed by atoms with van der Waals surface area (Å²) in [5.74, 6) is -0.333. The molecular formula is C28H23N3O6. The van der Waals surface area contributed by atoms with E-state index in [1.54, 1.807) is 73.8 Å². The number of nitriles is 1. The van der Waals surface area contributed by atoms with Gasteiger partial charge in [0.2, 0.25) is 0 Å². The summed E-state index contributed by atoms with van der Waals surface area (Å²) in [6, 6.07) is 23.0. The molecule has 0 aliphatic heterocycles. The van der Waals surface area contributed by atoms with Crippen LogP contribution >= 0.6 is 0 Å². The van der Waals surface area contributed by atoms with Crippen LogP contribution in [0.3, 0.4) is 0 Å². The highest BCUT2D eigenvalue weighted by Gasteiger charge is 2.31. The smallest absolute Gasteiger partial charge is 0.357 e. The van der Waals surface area contributed by atoms with Crippen LogP contribution in [0.15, 0.2) is 72.8 Å².